The number of H-pyrrole nitrogens is 1. The normalized spacial score (nSPS) is 13.0. The number of halogens is 1. The predicted molar refractivity (Wildman–Crippen MR) is 42.9 cm³/mol. The zero-order valence-electron chi connectivity index (χ0n) is 5.47. The molecule has 3 heteroatoms. The van der Waals surface area contributed by atoms with E-state index in [1.807, 2.05) is 0 Å². The van der Waals surface area contributed by atoms with Crippen LogP contribution in [-0.4, -0.2) is 4.98 Å². The van der Waals surface area contributed by atoms with Crippen molar-refractivity contribution < 1.29 is 0 Å². The Balaban J connectivity index is 2.92. The summed E-state index contributed by atoms with van der Waals surface area (Å²) in [5, 5.41) is 0.660. The molecule has 0 saturated heterocycles. The van der Waals surface area contributed by atoms with Gasteiger partial charge in [-0.25, -0.2) is 0 Å². The molecule has 2 nitrogen and oxygen atoms in total. The molecule has 0 aliphatic rings. The smallest absolute Gasteiger partial charge is 0.0631 e. The average Bonchev–Trinajstić information content (AvgIpc) is 2.34. The van der Waals surface area contributed by atoms with Gasteiger partial charge >= 0.3 is 0 Å². The maximum atomic E-state index is 5.75. The largest absolute Gasteiger partial charge is 0.366 e. The molecule has 54 valence electrons. The quantitative estimate of drug-likeness (QED) is 0.631. The van der Waals surface area contributed by atoms with E-state index in [9.17, 15) is 0 Å². The van der Waals surface area contributed by atoms with Crippen molar-refractivity contribution in [2.75, 3.05) is 0 Å². The van der Waals surface area contributed by atoms with Gasteiger partial charge in [-0.15, -0.1) is 6.58 Å². The average molecular weight is 157 g/mol. The Morgan fingerprint density at radius 3 is 2.80 bits per heavy atom. The van der Waals surface area contributed by atoms with E-state index in [2.05, 4.69) is 11.6 Å². The number of hydrogen-bond acceptors (Lipinski definition) is 1. The summed E-state index contributed by atoms with van der Waals surface area (Å²) in [4.78, 5) is 2.85. The fourth-order valence-electron chi connectivity index (χ4n) is 0.739. The standard InChI is InChI=1S/C7H9ClN2/c1-2-7(9)5-3-10-4-6(5)8/h2-4,7,10H,1,9H2. The zero-order chi connectivity index (χ0) is 7.56. The molecule has 10 heavy (non-hydrogen) atoms. The number of nitrogens with two attached hydrogens (primary N) is 1. The van der Waals surface area contributed by atoms with E-state index in [4.69, 9.17) is 17.3 Å². The van der Waals surface area contributed by atoms with Gasteiger partial charge in [0.05, 0.1) is 11.1 Å². The molecule has 1 unspecified atom stereocenters. The van der Waals surface area contributed by atoms with Gasteiger partial charge in [-0.2, -0.15) is 0 Å². The topological polar surface area (TPSA) is 41.8 Å². The molecular formula is C7H9ClN2. The van der Waals surface area contributed by atoms with Gasteiger partial charge in [0.2, 0.25) is 0 Å². The van der Waals surface area contributed by atoms with Gasteiger partial charge in [0.25, 0.3) is 0 Å². The number of hydrogen-bond donors (Lipinski definition) is 2. The summed E-state index contributed by atoms with van der Waals surface area (Å²) in [6.07, 6.45) is 5.12. The van der Waals surface area contributed by atoms with Gasteiger partial charge in [-0.1, -0.05) is 17.7 Å². The number of nitrogens with one attached hydrogen (secondary N) is 1. The molecule has 0 aliphatic carbocycles. The van der Waals surface area contributed by atoms with E-state index in [0.29, 0.717) is 5.02 Å². The number of aromatic amines is 1. The Morgan fingerprint density at radius 1 is 1.70 bits per heavy atom. The van der Waals surface area contributed by atoms with Gasteiger partial charge < -0.3 is 10.7 Å². The summed E-state index contributed by atoms with van der Waals surface area (Å²) in [7, 11) is 0. The maximum absolute atomic E-state index is 5.75. The molecular weight excluding hydrogens is 148 g/mol. The Kier molecular flexibility index (Phi) is 2.14. The summed E-state index contributed by atoms with van der Waals surface area (Å²) in [5.41, 5.74) is 6.50. The molecule has 0 saturated carbocycles. The molecule has 0 aliphatic heterocycles. The third-order valence-corrected chi connectivity index (χ3v) is 1.67. The lowest BCUT2D eigenvalue weighted by molar-refractivity contribution is 0.917. The van der Waals surface area contributed by atoms with Crippen LogP contribution in [-0.2, 0) is 0 Å². The van der Waals surface area contributed by atoms with Crippen LogP contribution >= 0.6 is 11.6 Å². The first-order chi connectivity index (χ1) is 4.75. The van der Waals surface area contributed by atoms with Gasteiger partial charge in [-0.3, -0.25) is 0 Å². The monoisotopic (exact) mass is 156 g/mol. The highest BCUT2D eigenvalue weighted by atomic mass is 35.5. The van der Waals surface area contributed by atoms with Crippen molar-refractivity contribution in [3.05, 3.63) is 35.6 Å². The zero-order valence-corrected chi connectivity index (χ0v) is 6.23. The van der Waals surface area contributed by atoms with Gasteiger partial charge in [0.1, 0.15) is 0 Å². The van der Waals surface area contributed by atoms with Crippen LogP contribution in [0, 0.1) is 0 Å². The highest BCUT2D eigenvalue weighted by Crippen LogP contribution is 2.20. The van der Waals surface area contributed by atoms with Crippen molar-refractivity contribution >= 4 is 11.6 Å². The summed E-state index contributed by atoms with van der Waals surface area (Å²) < 4.78 is 0. The SMILES string of the molecule is C=CC(N)c1c[nH]cc1Cl. The van der Waals surface area contributed by atoms with Gasteiger partial charge in [0.15, 0.2) is 0 Å². The molecule has 1 aromatic rings. The fourth-order valence-corrected chi connectivity index (χ4v) is 0.983. The fraction of sp³-hybridized carbons (Fsp3) is 0.143. The Morgan fingerprint density at radius 2 is 2.40 bits per heavy atom. The lowest BCUT2D eigenvalue weighted by atomic mass is 10.2. The van der Waals surface area contributed by atoms with Crippen LogP contribution in [0.3, 0.4) is 0 Å². The van der Waals surface area contributed by atoms with Gasteiger partial charge in [-0.05, 0) is 0 Å². The molecule has 0 bridgehead atoms. The maximum Gasteiger partial charge on any atom is 0.0631 e. The predicted octanol–water partition coefficient (Wildman–Crippen LogP) is 1.85. The Bertz CT molecular complexity index is 229. The van der Waals surface area contributed by atoms with E-state index >= 15 is 0 Å². The van der Waals surface area contributed by atoms with Crippen molar-refractivity contribution in [1.29, 1.82) is 0 Å². The van der Waals surface area contributed by atoms with Crippen LogP contribution in [0.2, 0.25) is 5.02 Å². The van der Waals surface area contributed by atoms with E-state index in [-0.39, 0.29) is 6.04 Å². The number of rotatable bonds is 2. The second kappa shape index (κ2) is 2.90. The van der Waals surface area contributed by atoms with E-state index < -0.39 is 0 Å². The first-order valence-corrected chi connectivity index (χ1v) is 3.34. The number of aromatic nitrogens is 1. The van der Waals surface area contributed by atoms with Crippen LogP contribution in [0.4, 0.5) is 0 Å². The molecule has 0 amide bonds. The highest BCUT2D eigenvalue weighted by Gasteiger charge is 2.05. The van der Waals surface area contributed by atoms with Crippen LogP contribution in [0.5, 0.6) is 0 Å². The molecule has 3 N–H and O–H groups in total. The van der Waals surface area contributed by atoms with Crippen LogP contribution in [0.15, 0.2) is 25.0 Å². The first-order valence-electron chi connectivity index (χ1n) is 2.96. The molecule has 1 atom stereocenters. The van der Waals surface area contributed by atoms with Crippen molar-refractivity contribution in [2.24, 2.45) is 5.73 Å². The van der Waals surface area contributed by atoms with E-state index in [0.717, 1.165) is 5.56 Å². The second-order valence-electron chi connectivity index (χ2n) is 2.02. The van der Waals surface area contributed by atoms with Crippen molar-refractivity contribution in [3.8, 4) is 0 Å². The third-order valence-electron chi connectivity index (χ3n) is 1.34. The molecule has 1 heterocycles. The van der Waals surface area contributed by atoms with Crippen molar-refractivity contribution in [1.82, 2.24) is 4.98 Å². The minimum atomic E-state index is -0.168. The molecule has 0 fully saturated rings. The summed E-state index contributed by atoms with van der Waals surface area (Å²) in [6, 6.07) is -0.168. The van der Waals surface area contributed by atoms with E-state index in [1.165, 1.54) is 0 Å². The van der Waals surface area contributed by atoms with Crippen molar-refractivity contribution in [2.45, 2.75) is 6.04 Å². The molecule has 0 spiro atoms. The van der Waals surface area contributed by atoms with E-state index in [1.54, 1.807) is 18.5 Å². The Hall–Kier alpha value is -0.730. The lowest BCUT2D eigenvalue weighted by Gasteiger charge is -2.01. The summed E-state index contributed by atoms with van der Waals surface area (Å²) >= 11 is 5.75. The molecule has 0 radical (unpaired) electrons. The summed E-state index contributed by atoms with van der Waals surface area (Å²) in [6.45, 7) is 3.56. The molecule has 1 rings (SSSR count). The van der Waals surface area contributed by atoms with Crippen LogP contribution in [0.25, 0.3) is 0 Å². The van der Waals surface area contributed by atoms with Gasteiger partial charge in [0, 0.05) is 18.0 Å². The lowest BCUT2D eigenvalue weighted by Crippen LogP contribution is -2.05. The minimum Gasteiger partial charge on any atom is -0.366 e. The highest BCUT2D eigenvalue weighted by molar-refractivity contribution is 6.31. The summed E-state index contributed by atoms with van der Waals surface area (Å²) in [5.74, 6) is 0. The minimum absolute atomic E-state index is 0.168. The van der Waals surface area contributed by atoms with Crippen molar-refractivity contribution in [3.63, 3.8) is 0 Å². The first kappa shape index (κ1) is 7.38. The molecule has 0 aromatic carbocycles. The third kappa shape index (κ3) is 1.23. The Labute approximate surface area is 64.7 Å². The van der Waals surface area contributed by atoms with Crippen LogP contribution < -0.4 is 5.73 Å². The second-order valence-corrected chi connectivity index (χ2v) is 2.43. The van der Waals surface area contributed by atoms with Crippen LogP contribution in [0.1, 0.15) is 11.6 Å². The molecule has 1 aromatic heterocycles.